The number of rotatable bonds is 7. The van der Waals surface area contributed by atoms with Gasteiger partial charge in [0.2, 0.25) is 0 Å². The van der Waals surface area contributed by atoms with Gasteiger partial charge in [0.1, 0.15) is 0 Å². The van der Waals surface area contributed by atoms with Gasteiger partial charge in [0.15, 0.2) is 0 Å². The molecule has 0 spiro atoms. The highest BCUT2D eigenvalue weighted by molar-refractivity contribution is 5.59. The summed E-state index contributed by atoms with van der Waals surface area (Å²) in [7, 11) is 0. The van der Waals surface area contributed by atoms with E-state index < -0.39 is 0 Å². The van der Waals surface area contributed by atoms with Crippen LogP contribution in [-0.4, -0.2) is 11.1 Å². The van der Waals surface area contributed by atoms with E-state index in [9.17, 15) is 4.79 Å². The molecule has 1 N–H and O–H groups in total. The molecule has 0 bridgehead atoms. The fraction of sp³-hybridized carbons (Fsp3) is 0.389. The topological polar surface area (TPSA) is 34.0 Å². The Kier molecular flexibility index (Phi) is 5.76. The average molecular weight is 284 g/mol. The van der Waals surface area contributed by atoms with Gasteiger partial charge in [-0.15, -0.1) is 0 Å². The normalized spacial score (nSPS) is 10.8. The summed E-state index contributed by atoms with van der Waals surface area (Å²) in [4.78, 5) is 12.7. The maximum Gasteiger partial charge on any atom is 0.255 e. The van der Waals surface area contributed by atoms with E-state index in [1.165, 1.54) is 0 Å². The molecule has 0 amide bonds. The molecule has 0 fully saturated rings. The second kappa shape index (κ2) is 7.79. The number of benzene rings is 1. The largest absolute Gasteiger partial charge is 0.313 e. The van der Waals surface area contributed by atoms with Crippen LogP contribution in [0.4, 0.5) is 0 Å². The van der Waals surface area contributed by atoms with Gasteiger partial charge >= 0.3 is 0 Å². The molecule has 2 aromatic rings. The Labute approximate surface area is 126 Å². The van der Waals surface area contributed by atoms with Crippen molar-refractivity contribution in [3.05, 3.63) is 58.4 Å². The monoisotopic (exact) mass is 284 g/mol. The van der Waals surface area contributed by atoms with Crippen LogP contribution in [0.25, 0.3) is 11.3 Å². The van der Waals surface area contributed by atoms with Crippen LogP contribution in [0.3, 0.4) is 0 Å². The summed E-state index contributed by atoms with van der Waals surface area (Å²) in [6.07, 6.45) is 2.10. The number of hydrogen-bond donors (Lipinski definition) is 1. The molecule has 2 rings (SSSR count). The van der Waals surface area contributed by atoms with Crippen molar-refractivity contribution in [2.45, 2.75) is 39.8 Å². The number of nitrogens with one attached hydrogen (secondary N) is 1. The third-order valence-electron chi connectivity index (χ3n) is 3.62. The molecule has 0 aliphatic carbocycles. The Hall–Kier alpha value is -1.87. The molecular formula is C18H24N2O. The lowest BCUT2D eigenvalue weighted by molar-refractivity contribution is 0.607. The van der Waals surface area contributed by atoms with Gasteiger partial charge in [0, 0.05) is 18.7 Å². The first-order chi connectivity index (χ1) is 10.3. The van der Waals surface area contributed by atoms with Crippen molar-refractivity contribution >= 4 is 0 Å². The van der Waals surface area contributed by atoms with Crippen molar-refractivity contribution in [1.82, 2.24) is 9.88 Å². The zero-order valence-electron chi connectivity index (χ0n) is 12.9. The Morgan fingerprint density at radius 2 is 1.81 bits per heavy atom. The maximum absolute atomic E-state index is 12.7. The molecule has 21 heavy (non-hydrogen) atoms. The molecular weight excluding hydrogens is 260 g/mol. The molecule has 0 aliphatic rings. The van der Waals surface area contributed by atoms with Crippen molar-refractivity contribution < 1.29 is 0 Å². The van der Waals surface area contributed by atoms with Gasteiger partial charge in [-0.25, -0.2) is 0 Å². The van der Waals surface area contributed by atoms with Crippen molar-refractivity contribution in [3.63, 3.8) is 0 Å². The van der Waals surface area contributed by atoms with E-state index >= 15 is 0 Å². The zero-order valence-corrected chi connectivity index (χ0v) is 12.9. The highest BCUT2D eigenvalue weighted by Gasteiger charge is 2.09. The molecule has 0 saturated heterocycles. The minimum absolute atomic E-state index is 0.130. The van der Waals surface area contributed by atoms with Crippen LogP contribution in [0.2, 0.25) is 0 Å². The van der Waals surface area contributed by atoms with Crippen LogP contribution < -0.4 is 10.9 Å². The third kappa shape index (κ3) is 3.82. The van der Waals surface area contributed by atoms with Gasteiger partial charge in [-0.05, 0) is 24.6 Å². The first kappa shape index (κ1) is 15.5. The Bertz CT molecular complexity index is 617. The second-order valence-electron chi connectivity index (χ2n) is 5.20. The quantitative estimate of drug-likeness (QED) is 0.845. The van der Waals surface area contributed by atoms with E-state index in [4.69, 9.17) is 0 Å². The van der Waals surface area contributed by atoms with Crippen LogP contribution >= 0.6 is 0 Å². The lowest BCUT2D eigenvalue weighted by Crippen LogP contribution is -2.28. The van der Waals surface area contributed by atoms with E-state index in [1.807, 2.05) is 35.8 Å². The van der Waals surface area contributed by atoms with Crippen molar-refractivity contribution in [1.29, 1.82) is 0 Å². The zero-order chi connectivity index (χ0) is 15.1. The van der Waals surface area contributed by atoms with Crippen LogP contribution in [0.1, 0.15) is 32.3 Å². The molecule has 3 heteroatoms. The molecule has 3 nitrogen and oxygen atoms in total. The van der Waals surface area contributed by atoms with Gasteiger partial charge < -0.3 is 9.88 Å². The SMILES string of the molecule is CCCCn1c(-c2ccccc2)ccc(CNCC)c1=O. The van der Waals surface area contributed by atoms with Crippen LogP contribution in [0, 0.1) is 0 Å². The predicted octanol–water partition coefficient (Wildman–Crippen LogP) is 3.42. The highest BCUT2D eigenvalue weighted by atomic mass is 16.1. The fourth-order valence-corrected chi connectivity index (χ4v) is 2.42. The summed E-state index contributed by atoms with van der Waals surface area (Å²) < 4.78 is 1.92. The smallest absolute Gasteiger partial charge is 0.255 e. The van der Waals surface area contributed by atoms with Gasteiger partial charge in [-0.1, -0.05) is 56.7 Å². The van der Waals surface area contributed by atoms with E-state index in [-0.39, 0.29) is 5.56 Å². The molecule has 0 unspecified atom stereocenters. The second-order valence-corrected chi connectivity index (χ2v) is 5.20. The van der Waals surface area contributed by atoms with Crippen LogP contribution in [0.15, 0.2) is 47.3 Å². The molecule has 112 valence electrons. The van der Waals surface area contributed by atoms with Crippen molar-refractivity contribution in [3.8, 4) is 11.3 Å². The number of pyridine rings is 1. The molecule has 0 atom stereocenters. The van der Waals surface area contributed by atoms with Gasteiger partial charge in [-0.2, -0.15) is 0 Å². The average Bonchev–Trinajstić information content (AvgIpc) is 2.53. The van der Waals surface area contributed by atoms with E-state index in [2.05, 4.69) is 30.4 Å². The van der Waals surface area contributed by atoms with Gasteiger partial charge in [0.25, 0.3) is 5.56 Å². The lowest BCUT2D eigenvalue weighted by atomic mass is 10.1. The summed E-state index contributed by atoms with van der Waals surface area (Å²) in [5.74, 6) is 0. The minimum atomic E-state index is 0.130. The van der Waals surface area contributed by atoms with Gasteiger partial charge in [0.05, 0.1) is 5.69 Å². The van der Waals surface area contributed by atoms with Crippen molar-refractivity contribution in [2.24, 2.45) is 0 Å². The predicted molar refractivity (Wildman–Crippen MR) is 88.4 cm³/mol. The summed E-state index contributed by atoms with van der Waals surface area (Å²) in [6.45, 7) is 6.48. The third-order valence-corrected chi connectivity index (χ3v) is 3.62. The lowest BCUT2D eigenvalue weighted by Gasteiger charge is -2.15. The minimum Gasteiger partial charge on any atom is -0.313 e. The Morgan fingerprint density at radius 1 is 1.05 bits per heavy atom. The highest BCUT2D eigenvalue weighted by Crippen LogP contribution is 2.18. The first-order valence-electron chi connectivity index (χ1n) is 7.76. The standard InChI is InChI=1S/C18H24N2O/c1-3-5-13-20-17(15-9-7-6-8-10-15)12-11-16(18(20)21)14-19-4-2/h6-12,19H,3-5,13-14H2,1-2H3. The number of hydrogen-bond acceptors (Lipinski definition) is 2. The molecule has 1 aromatic heterocycles. The number of aromatic nitrogens is 1. The molecule has 1 aromatic carbocycles. The van der Waals surface area contributed by atoms with E-state index in [0.29, 0.717) is 6.54 Å². The van der Waals surface area contributed by atoms with E-state index in [1.54, 1.807) is 0 Å². The van der Waals surface area contributed by atoms with E-state index in [0.717, 1.165) is 42.8 Å². The summed E-state index contributed by atoms with van der Waals surface area (Å²) in [6, 6.07) is 14.2. The molecule has 0 saturated carbocycles. The number of unbranched alkanes of at least 4 members (excludes halogenated alkanes) is 1. The summed E-state index contributed by atoms with van der Waals surface area (Å²) >= 11 is 0. The first-order valence-corrected chi connectivity index (χ1v) is 7.76. The van der Waals surface area contributed by atoms with Crippen molar-refractivity contribution in [2.75, 3.05) is 6.54 Å². The molecule has 0 radical (unpaired) electrons. The summed E-state index contributed by atoms with van der Waals surface area (Å²) in [5.41, 5.74) is 3.08. The van der Waals surface area contributed by atoms with Crippen LogP contribution in [-0.2, 0) is 13.1 Å². The van der Waals surface area contributed by atoms with Crippen LogP contribution in [0.5, 0.6) is 0 Å². The Morgan fingerprint density at radius 3 is 2.48 bits per heavy atom. The Balaban J connectivity index is 2.45. The van der Waals surface area contributed by atoms with Gasteiger partial charge in [-0.3, -0.25) is 4.79 Å². The maximum atomic E-state index is 12.7. The molecule has 0 aliphatic heterocycles. The number of nitrogens with zero attached hydrogens (tertiary/aromatic N) is 1. The molecule has 1 heterocycles. The fourth-order valence-electron chi connectivity index (χ4n) is 2.42. The summed E-state index contributed by atoms with van der Waals surface area (Å²) in [5, 5.41) is 3.23.